The number of hydrogen-bond donors (Lipinski definition) is 0. The molecule has 4 aromatic rings. The van der Waals surface area contributed by atoms with Crippen LogP contribution in [-0.2, 0) is 0 Å². The summed E-state index contributed by atoms with van der Waals surface area (Å²) in [4.78, 5) is 9.84. The second-order valence-corrected chi connectivity index (χ2v) is 7.67. The van der Waals surface area contributed by atoms with Crippen LogP contribution in [0.25, 0.3) is 10.8 Å². The minimum Gasteiger partial charge on any atom is -0.253 e. The highest BCUT2D eigenvalue weighted by molar-refractivity contribution is 6.17. The molecule has 0 fully saturated rings. The maximum Gasteiger partial charge on any atom is 0.0662 e. The third-order valence-corrected chi connectivity index (χ3v) is 5.51. The molecule has 0 aliphatic carbocycles. The standard InChI is InChI=1S/C28H26N2/c1-19-11-5-9-15-27(19)29-21(3)23-17-18-24(26-14-8-7-13-25(23)26)22(4)30-28-16-10-6-12-20(28)2/h5-18H,1-4H3. The van der Waals surface area contributed by atoms with Gasteiger partial charge in [-0.1, -0.05) is 72.8 Å². The molecule has 0 saturated heterocycles. The quantitative estimate of drug-likeness (QED) is 0.318. The first kappa shape index (κ1) is 19.8. The Bertz CT molecular complexity index is 1180. The minimum atomic E-state index is 1.01. The van der Waals surface area contributed by atoms with Crippen LogP contribution in [0.1, 0.15) is 36.1 Å². The third-order valence-electron chi connectivity index (χ3n) is 5.51. The number of fused-ring (bicyclic) bond motifs is 1. The van der Waals surface area contributed by atoms with Crippen molar-refractivity contribution in [2.75, 3.05) is 0 Å². The zero-order valence-corrected chi connectivity index (χ0v) is 18.0. The number of rotatable bonds is 4. The lowest BCUT2D eigenvalue weighted by molar-refractivity contribution is 1.38. The van der Waals surface area contributed by atoms with Crippen LogP contribution in [-0.4, -0.2) is 11.4 Å². The van der Waals surface area contributed by atoms with Gasteiger partial charge >= 0.3 is 0 Å². The number of benzene rings is 4. The minimum absolute atomic E-state index is 1.01. The molecular formula is C28H26N2. The molecule has 0 heterocycles. The Morgan fingerprint density at radius 1 is 0.500 bits per heavy atom. The van der Waals surface area contributed by atoms with Gasteiger partial charge in [-0.25, -0.2) is 0 Å². The highest BCUT2D eigenvalue weighted by atomic mass is 14.8. The van der Waals surface area contributed by atoms with Crippen LogP contribution in [0.3, 0.4) is 0 Å². The Kier molecular flexibility index (Phi) is 5.58. The van der Waals surface area contributed by atoms with Crippen molar-refractivity contribution in [1.29, 1.82) is 0 Å². The average Bonchev–Trinajstić information content (AvgIpc) is 2.76. The smallest absolute Gasteiger partial charge is 0.0662 e. The number of nitrogens with zero attached hydrogens (tertiary/aromatic N) is 2. The van der Waals surface area contributed by atoms with Crippen LogP contribution in [0.5, 0.6) is 0 Å². The summed E-state index contributed by atoms with van der Waals surface area (Å²) in [5.41, 5.74) is 8.72. The van der Waals surface area contributed by atoms with Crippen LogP contribution in [0.4, 0.5) is 11.4 Å². The van der Waals surface area contributed by atoms with Gasteiger partial charge in [0.25, 0.3) is 0 Å². The number of hydrogen-bond acceptors (Lipinski definition) is 2. The van der Waals surface area contributed by atoms with Gasteiger partial charge < -0.3 is 0 Å². The molecule has 0 spiro atoms. The molecule has 0 bridgehead atoms. The molecule has 0 N–H and O–H groups in total. The van der Waals surface area contributed by atoms with E-state index < -0.39 is 0 Å². The molecule has 0 radical (unpaired) electrons. The zero-order chi connectivity index (χ0) is 21.1. The maximum atomic E-state index is 4.92. The Hall–Kier alpha value is -3.52. The Morgan fingerprint density at radius 2 is 0.867 bits per heavy atom. The molecule has 2 nitrogen and oxygen atoms in total. The Morgan fingerprint density at radius 3 is 1.27 bits per heavy atom. The van der Waals surface area contributed by atoms with E-state index in [1.165, 1.54) is 21.9 Å². The van der Waals surface area contributed by atoms with Gasteiger partial charge in [0.1, 0.15) is 0 Å². The van der Waals surface area contributed by atoms with Gasteiger partial charge in [0, 0.05) is 22.6 Å². The van der Waals surface area contributed by atoms with Gasteiger partial charge in [0.2, 0.25) is 0 Å². The summed E-state index contributed by atoms with van der Waals surface area (Å²) in [6.07, 6.45) is 0. The van der Waals surface area contributed by atoms with Crippen molar-refractivity contribution in [3.8, 4) is 0 Å². The van der Waals surface area contributed by atoms with E-state index in [1.807, 2.05) is 24.3 Å². The topological polar surface area (TPSA) is 24.7 Å². The molecule has 0 aliphatic heterocycles. The summed E-state index contributed by atoms with van der Waals surface area (Å²) in [6, 6.07) is 29.3. The molecule has 0 aromatic heterocycles. The highest BCUT2D eigenvalue weighted by Gasteiger charge is 2.11. The van der Waals surface area contributed by atoms with Crippen LogP contribution in [0, 0.1) is 13.8 Å². The summed E-state index contributed by atoms with van der Waals surface area (Å²) in [6.45, 7) is 8.36. The molecule has 0 atom stereocenters. The lowest BCUT2D eigenvalue weighted by Crippen LogP contribution is -2.01. The van der Waals surface area contributed by atoms with Crippen LogP contribution in [0.15, 0.2) is 94.9 Å². The number of para-hydroxylation sites is 2. The van der Waals surface area contributed by atoms with E-state index in [2.05, 4.69) is 88.4 Å². The zero-order valence-electron chi connectivity index (χ0n) is 18.0. The first-order valence-electron chi connectivity index (χ1n) is 10.3. The highest BCUT2D eigenvalue weighted by Crippen LogP contribution is 2.27. The fourth-order valence-corrected chi connectivity index (χ4v) is 3.79. The SMILES string of the molecule is CC(=Nc1ccccc1C)c1ccc(C(C)=Nc2ccccc2C)c2ccccc12. The van der Waals surface area contributed by atoms with E-state index in [-0.39, 0.29) is 0 Å². The molecule has 4 aromatic carbocycles. The second kappa shape index (κ2) is 8.46. The van der Waals surface area contributed by atoms with Crippen molar-refractivity contribution in [1.82, 2.24) is 0 Å². The van der Waals surface area contributed by atoms with E-state index in [9.17, 15) is 0 Å². The molecule has 148 valence electrons. The Labute approximate surface area is 178 Å². The largest absolute Gasteiger partial charge is 0.253 e. The van der Waals surface area contributed by atoms with E-state index in [1.54, 1.807) is 0 Å². The molecule has 0 unspecified atom stereocenters. The van der Waals surface area contributed by atoms with Crippen molar-refractivity contribution >= 4 is 33.6 Å². The van der Waals surface area contributed by atoms with Gasteiger partial charge in [-0.15, -0.1) is 0 Å². The summed E-state index contributed by atoms with van der Waals surface area (Å²) in [7, 11) is 0. The molecular weight excluding hydrogens is 364 g/mol. The van der Waals surface area contributed by atoms with Crippen molar-refractivity contribution in [2.45, 2.75) is 27.7 Å². The lowest BCUT2D eigenvalue weighted by atomic mass is 9.95. The van der Waals surface area contributed by atoms with Crippen molar-refractivity contribution in [2.24, 2.45) is 9.98 Å². The van der Waals surface area contributed by atoms with Crippen LogP contribution < -0.4 is 0 Å². The Balaban J connectivity index is 1.83. The summed E-state index contributed by atoms with van der Waals surface area (Å²) < 4.78 is 0. The van der Waals surface area contributed by atoms with Gasteiger partial charge in [-0.3, -0.25) is 9.98 Å². The molecule has 2 heteroatoms. The molecule has 30 heavy (non-hydrogen) atoms. The van der Waals surface area contributed by atoms with Crippen molar-refractivity contribution < 1.29 is 0 Å². The third kappa shape index (κ3) is 3.95. The van der Waals surface area contributed by atoms with Gasteiger partial charge in [0.15, 0.2) is 0 Å². The fourth-order valence-electron chi connectivity index (χ4n) is 3.79. The van der Waals surface area contributed by atoms with Crippen LogP contribution >= 0.6 is 0 Å². The monoisotopic (exact) mass is 390 g/mol. The van der Waals surface area contributed by atoms with Crippen LogP contribution in [0.2, 0.25) is 0 Å². The van der Waals surface area contributed by atoms with Gasteiger partial charge in [-0.05, 0) is 61.7 Å². The second-order valence-electron chi connectivity index (χ2n) is 7.67. The number of aliphatic imine (C=N–C) groups is 2. The summed E-state index contributed by atoms with van der Waals surface area (Å²) >= 11 is 0. The molecule has 4 rings (SSSR count). The predicted molar refractivity (Wildman–Crippen MR) is 130 cm³/mol. The molecule has 0 aliphatic rings. The molecule has 0 saturated carbocycles. The number of aryl methyl sites for hydroxylation is 2. The van der Waals surface area contributed by atoms with Gasteiger partial charge in [-0.2, -0.15) is 0 Å². The molecule has 0 amide bonds. The van der Waals surface area contributed by atoms with E-state index in [0.717, 1.165) is 33.9 Å². The van der Waals surface area contributed by atoms with E-state index in [0.29, 0.717) is 0 Å². The average molecular weight is 391 g/mol. The lowest BCUT2D eigenvalue weighted by Gasteiger charge is -2.12. The first-order valence-corrected chi connectivity index (χ1v) is 10.3. The first-order chi connectivity index (χ1) is 14.5. The summed E-state index contributed by atoms with van der Waals surface area (Å²) in [5, 5.41) is 2.40. The van der Waals surface area contributed by atoms with Gasteiger partial charge in [0.05, 0.1) is 11.4 Å². The normalized spacial score (nSPS) is 12.4. The van der Waals surface area contributed by atoms with E-state index in [4.69, 9.17) is 9.98 Å². The van der Waals surface area contributed by atoms with Crippen molar-refractivity contribution in [3.63, 3.8) is 0 Å². The summed E-state index contributed by atoms with van der Waals surface area (Å²) in [5.74, 6) is 0. The predicted octanol–water partition coefficient (Wildman–Crippen LogP) is 7.74. The van der Waals surface area contributed by atoms with Crippen molar-refractivity contribution in [3.05, 3.63) is 107 Å². The van der Waals surface area contributed by atoms with E-state index >= 15 is 0 Å². The maximum absolute atomic E-state index is 4.92. The fraction of sp³-hybridized carbons (Fsp3) is 0.143.